The summed E-state index contributed by atoms with van der Waals surface area (Å²) in [6.07, 6.45) is 0. The first-order valence-corrected chi connectivity index (χ1v) is 8.81. The second-order valence-electron chi connectivity index (χ2n) is 3.82. The second kappa shape index (κ2) is 7.92. The van der Waals surface area contributed by atoms with Crippen LogP contribution < -0.4 is 0 Å². The van der Waals surface area contributed by atoms with E-state index in [2.05, 4.69) is 6.58 Å². The van der Waals surface area contributed by atoms with Crippen LogP contribution in [0.15, 0.2) is 42.5 Å². The first-order chi connectivity index (χ1) is 9.24. The molecule has 20 heavy (non-hydrogen) atoms. The highest BCUT2D eigenvalue weighted by Gasteiger charge is 2.39. The SMILES string of the molecule is C=C(C)C(=O)OC(I)(I)C(I)OC(=O)c1ccccc1. The quantitative estimate of drug-likeness (QED) is 0.216. The maximum Gasteiger partial charge on any atom is 0.339 e. The van der Waals surface area contributed by atoms with E-state index in [0.717, 1.165) is 0 Å². The van der Waals surface area contributed by atoms with Crippen LogP contribution in [0.3, 0.4) is 0 Å². The van der Waals surface area contributed by atoms with Gasteiger partial charge in [-0.3, -0.25) is 0 Å². The Hall–Kier alpha value is 0.0900. The van der Waals surface area contributed by atoms with Gasteiger partial charge in [-0.1, -0.05) is 24.8 Å². The molecule has 0 saturated carbocycles. The van der Waals surface area contributed by atoms with Gasteiger partial charge < -0.3 is 9.47 Å². The molecule has 0 aliphatic rings. The third-order valence-corrected chi connectivity index (χ3v) is 7.15. The maximum atomic E-state index is 11.9. The van der Waals surface area contributed by atoms with E-state index in [4.69, 9.17) is 9.47 Å². The van der Waals surface area contributed by atoms with Gasteiger partial charge in [0.2, 0.25) is 4.11 Å². The Kier molecular flexibility index (Phi) is 7.18. The molecule has 108 valence electrons. The second-order valence-corrected chi connectivity index (χ2v) is 10.2. The van der Waals surface area contributed by atoms with E-state index >= 15 is 0 Å². The number of hydrogen-bond acceptors (Lipinski definition) is 4. The first-order valence-electron chi connectivity index (χ1n) is 5.41. The summed E-state index contributed by atoms with van der Waals surface area (Å²) in [4.78, 5) is 23.5. The number of esters is 2. The third kappa shape index (κ3) is 5.47. The van der Waals surface area contributed by atoms with Crippen molar-refractivity contribution in [2.45, 2.75) is 12.6 Å². The van der Waals surface area contributed by atoms with Gasteiger partial charge in [0.05, 0.1) is 5.56 Å². The van der Waals surface area contributed by atoms with Crippen molar-refractivity contribution in [3.05, 3.63) is 48.0 Å². The molecule has 1 unspecified atom stereocenters. The summed E-state index contributed by atoms with van der Waals surface area (Å²) >= 11 is 5.76. The normalized spacial score (nSPS) is 12.4. The zero-order valence-corrected chi connectivity index (χ0v) is 16.9. The molecule has 0 aromatic heterocycles. The van der Waals surface area contributed by atoms with Crippen molar-refractivity contribution in [3.63, 3.8) is 0 Å². The summed E-state index contributed by atoms with van der Waals surface area (Å²) in [6.45, 7) is 5.08. The van der Waals surface area contributed by atoms with E-state index in [1.807, 2.05) is 73.8 Å². The Morgan fingerprint density at radius 3 is 2.30 bits per heavy atom. The fourth-order valence-corrected chi connectivity index (χ4v) is 2.07. The topological polar surface area (TPSA) is 52.6 Å². The van der Waals surface area contributed by atoms with Crippen molar-refractivity contribution >= 4 is 79.7 Å². The lowest BCUT2D eigenvalue weighted by Gasteiger charge is -2.26. The number of hydrogen-bond donors (Lipinski definition) is 0. The van der Waals surface area contributed by atoms with E-state index in [1.54, 1.807) is 31.2 Å². The summed E-state index contributed by atoms with van der Waals surface area (Å²) in [5.74, 6) is -0.986. The average Bonchev–Trinajstić information content (AvgIpc) is 2.38. The molecule has 0 spiro atoms. The molecular formula is C13H11I3O4. The lowest BCUT2D eigenvalue weighted by molar-refractivity contribution is -0.142. The molecule has 0 fully saturated rings. The molecule has 4 nitrogen and oxygen atoms in total. The summed E-state index contributed by atoms with van der Waals surface area (Å²) in [5, 5.41) is 0. The minimum absolute atomic E-state index is 0.292. The Balaban J connectivity index is 2.70. The van der Waals surface area contributed by atoms with Crippen molar-refractivity contribution < 1.29 is 19.1 Å². The number of alkyl halides is 3. The number of ether oxygens (including phenoxy) is 2. The average molecular weight is 612 g/mol. The van der Waals surface area contributed by atoms with E-state index in [9.17, 15) is 9.59 Å². The van der Waals surface area contributed by atoms with Crippen LogP contribution in [0.5, 0.6) is 0 Å². The number of carbonyl (C=O) groups excluding carboxylic acids is 2. The molecule has 0 bridgehead atoms. The van der Waals surface area contributed by atoms with E-state index in [-0.39, 0.29) is 0 Å². The molecule has 1 aromatic rings. The molecule has 7 heteroatoms. The highest BCUT2D eigenvalue weighted by atomic mass is 127. The predicted octanol–water partition coefficient (Wildman–Crippen LogP) is 4.25. The van der Waals surface area contributed by atoms with E-state index in [0.29, 0.717) is 11.1 Å². The maximum absolute atomic E-state index is 11.9. The summed E-state index contributed by atoms with van der Waals surface area (Å²) in [7, 11) is 0. The molecular weight excluding hydrogens is 601 g/mol. The molecule has 0 heterocycles. The van der Waals surface area contributed by atoms with Crippen molar-refractivity contribution in [1.82, 2.24) is 0 Å². The highest BCUT2D eigenvalue weighted by Crippen LogP contribution is 2.39. The van der Waals surface area contributed by atoms with Gasteiger partial charge >= 0.3 is 11.9 Å². The standard InChI is InChI=1S/C13H11I3O4/c1-8(2)10(17)20-13(15,16)12(14)19-11(18)9-6-4-3-5-7-9/h3-7,12H,1H2,2H3. The first kappa shape index (κ1) is 18.1. The van der Waals surface area contributed by atoms with Gasteiger partial charge in [-0.15, -0.1) is 0 Å². The van der Waals surface area contributed by atoms with Gasteiger partial charge in [0, 0.05) is 5.57 Å². The smallest absolute Gasteiger partial charge is 0.339 e. The van der Waals surface area contributed by atoms with Gasteiger partial charge in [0.25, 0.3) is 1.61 Å². The predicted molar refractivity (Wildman–Crippen MR) is 101 cm³/mol. The van der Waals surface area contributed by atoms with Crippen molar-refractivity contribution in [2.75, 3.05) is 0 Å². The van der Waals surface area contributed by atoms with E-state index < -0.39 is 17.7 Å². The van der Waals surface area contributed by atoms with Crippen molar-refractivity contribution in [2.24, 2.45) is 0 Å². The fraction of sp³-hybridized carbons (Fsp3) is 0.231. The number of benzene rings is 1. The van der Waals surface area contributed by atoms with Gasteiger partial charge in [-0.05, 0) is 86.8 Å². The fourth-order valence-electron chi connectivity index (χ4n) is 1.06. The molecule has 1 atom stereocenters. The molecule has 1 rings (SSSR count). The molecule has 0 aliphatic heterocycles. The Morgan fingerprint density at radius 1 is 1.25 bits per heavy atom. The van der Waals surface area contributed by atoms with Gasteiger partial charge in [0.15, 0.2) is 0 Å². The van der Waals surface area contributed by atoms with Gasteiger partial charge in [-0.2, -0.15) is 0 Å². The van der Waals surface area contributed by atoms with Crippen LogP contribution in [0.1, 0.15) is 17.3 Å². The number of rotatable bonds is 5. The van der Waals surface area contributed by atoms with Crippen molar-refractivity contribution in [1.29, 1.82) is 0 Å². The summed E-state index contributed by atoms with van der Waals surface area (Å²) in [6, 6.07) is 8.64. The molecule has 0 aliphatic carbocycles. The molecule has 1 aromatic carbocycles. The van der Waals surface area contributed by atoms with Crippen LogP contribution >= 0.6 is 67.8 Å². The lowest BCUT2D eigenvalue weighted by atomic mass is 10.2. The minimum Gasteiger partial charge on any atom is -0.442 e. The zero-order valence-electron chi connectivity index (χ0n) is 10.4. The third-order valence-electron chi connectivity index (χ3n) is 2.06. The highest BCUT2D eigenvalue weighted by molar-refractivity contribution is 14.2. The Bertz CT molecular complexity index is 514. The minimum atomic E-state index is -1.00. The summed E-state index contributed by atoms with van der Waals surface area (Å²) < 4.78 is 8.91. The van der Waals surface area contributed by atoms with Gasteiger partial charge in [0.1, 0.15) is 0 Å². The van der Waals surface area contributed by atoms with Gasteiger partial charge in [-0.25, -0.2) is 9.59 Å². The van der Waals surface area contributed by atoms with Crippen LogP contribution in [-0.4, -0.2) is 17.7 Å². The van der Waals surface area contributed by atoms with Crippen LogP contribution in [0, 0.1) is 0 Å². The molecule has 0 N–H and O–H groups in total. The van der Waals surface area contributed by atoms with Crippen LogP contribution in [0.25, 0.3) is 0 Å². The van der Waals surface area contributed by atoms with Crippen LogP contribution in [-0.2, 0) is 14.3 Å². The van der Waals surface area contributed by atoms with Crippen LogP contribution in [0.2, 0.25) is 0 Å². The molecule has 0 radical (unpaired) electrons. The monoisotopic (exact) mass is 612 g/mol. The van der Waals surface area contributed by atoms with Crippen LogP contribution in [0.4, 0.5) is 0 Å². The number of carbonyl (C=O) groups is 2. The largest absolute Gasteiger partial charge is 0.442 e. The molecule has 0 amide bonds. The van der Waals surface area contributed by atoms with E-state index in [1.165, 1.54) is 0 Å². The summed E-state index contributed by atoms with van der Waals surface area (Å²) in [5.41, 5.74) is 0.740. The number of halogens is 3. The Morgan fingerprint density at radius 2 is 1.80 bits per heavy atom. The van der Waals surface area contributed by atoms with Crippen molar-refractivity contribution in [3.8, 4) is 0 Å². The lowest BCUT2D eigenvalue weighted by Crippen LogP contribution is -2.34. The zero-order chi connectivity index (χ0) is 15.3. The molecule has 0 saturated heterocycles. The Labute approximate surface area is 158 Å².